The van der Waals surface area contributed by atoms with Crippen molar-refractivity contribution in [3.63, 3.8) is 0 Å². The van der Waals surface area contributed by atoms with Gasteiger partial charge in [-0.05, 0) is 42.7 Å². The van der Waals surface area contributed by atoms with Gasteiger partial charge in [0.2, 0.25) is 5.91 Å². The molecular formula is C20H21ClFN3O3. The molecule has 6 nitrogen and oxygen atoms in total. The molecule has 148 valence electrons. The lowest BCUT2D eigenvalue weighted by Crippen LogP contribution is -2.32. The fraction of sp³-hybridized carbons (Fsp3) is 0.250. The average molecular weight is 406 g/mol. The minimum absolute atomic E-state index is 0.0191. The van der Waals surface area contributed by atoms with Crippen molar-refractivity contribution in [1.29, 1.82) is 0 Å². The molecule has 8 heteroatoms. The summed E-state index contributed by atoms with van der Waals surface area (Å²) < 4.78 is 18.5. The highest BCUT2D eigenvalue weighted by Gasteiger charge is 2.09. The Kier molecular flexibility index (Phi) is 8.42. The van der Waals surface area contributed by atoms with Gasteiger partial charge >= 0.3 is 0 Å². The maximum atomic E-state index is 13.3. The summed E-state index contributed by atoms with van der Waals surface area (Å²) in [6.07, 6.45) is 4.40. The van der Waals surface area contributed by atoms with E-state index in [-0.39, 0.29) is 35.7 Å². The molecule has 2 N–H and O–H groups in total. The summed E-state index contributed by atoms with van der Waals surface area (Å²) in [5, 5.41) is 5.38. The Bertz CT molecular complexity index is 831. The Morgan fingerprint density at radius 2 is 1.89 bits per heavy atom. The highest BCUT2D eigenvalue weighted by molar-refractivity contribution is 6.30. The van der Waals surface area contributed by atoms with E-state index >= 15 is 0 Å². The van der Waals surface area contributed by atoms with E-state index in [0.717, 1.165) is 11.6 Å². The van der Waals surface area contributed by atoms with E-state index in [1.54, 1.807) is 12.4 Å². The van der Waals surface area contributed by atoms with Crippen molar-refractivity contribution in [3.8, 4) is 5.75 Å². The minimum Gasteiger partial charge on any atom is -0.484 e. The lowest BCUT2D eigenvalue weighted by atomic mass is 10.2. The number of ether oxygens (including phenoxy) is 1. The third kappa shape index (κ3) is 7.36. The number of carbonyl (C=O) groups excluding carboxylic acids is 2. The van der Waals surface area contributed by atoms with Gasteiger partial charge in [0.25, 0.3) is 5.91 Å². The number of rotatable bonds is 10. The predicted octanol–water partition coefficient (Wildman–Crippen LogP) is 2.67. The van der Waals surface area contributed by atoms with Gasteiger partial charge in [-0.1, -0.05) is 18.2 Å². The van der Waals surface area contributed by atoms with Crippen LogP contribution in [0.2, 0.25) is 5.02 Å². The molecule has 0 unspecified atom stereocenters. The standard InChI is InChI=1S/C20H21ClFN3O3/c1-14(20(27)25-11-7-15-5-8-23-9-6-15)4-10-24-19(26)13-28-16-2-3-17(21)18(22)12-16/h2-3,5-6,8-9,12H,1,4,7,10-11,13H2,(H,24,26)(H,25,27). The monoisotopic (exact) mass is 405 g/mol. The van der Waals surface area contributed by atoms with E-state index < -0.39 is 5.82 Å². The second-order valence-electron chi connectivity index (χ2n) is 5.93. The van der Waals surface area contributed by atoms with E-state index in [9.17, 15) is 14.0 Å². The van der Waals surface area contributed by atoms with Crippen LogP contribution in [0.3, 0.4) is 0 Å². The van der Waals surface area contributed by atoms with Gasteiger partial charge in [0.15, 0.2) is 6.61 Å². The molecule has 1 aromatic heterocycles. The number of aromatic nitrogens is 1. The topological polar surface area (TPSA) is 80.3 Å². The molecule has 28 heavy (non-hydrogen) atoms. The molecule has 0 aliphatic heterocycles. The van der Waals surface area contributed by atoms with Crippen molar-refractivity contribution in [1.82, 2.24) is 15.6 Å². The Hall–Kier alpha value is -2.93. The molecule has 0 spiro atoms. The Labute approximate surface area is 167 Å². The van der Waals surface area contributed by atoms with E-state index in [1.165, 1.54) is 12.1 Å². The average Bonchev–Trinajstić information content (AvgIpc) is 2.69. The number of amides is 2. The van der Waals surface area contributed by atoms with Crippen LogP contribution in [-0.2, 0) is 16.0 Å². The summed E-state index contributed by atoms with van der Waals surface area (Å²) in [7, 11) is 0. The number of nitrogens with one attached hydrogen (secondary N) is 2. The Balaban J connectivity index is 1.60. The lowest BCUT2D eigenvalue weighted by Gasteiger charge is -2.10. The molecule has 0 aliphatic rings. The smallest absolute Gasteiger partial charge is 0.257 e. The largest absolute Gasteiger partial charge is 0.484 e. The molecule has 1 heterocycles. The second-order valence-corrected chi connectivity index (χ2v) is 6.34. The molecule has 0 bridgehead atoms. The summed E-state index contributed by atoms with van der Waals surface area (Å²) in [4.78, 5) is 27.7. The molecule has 0 saturated heterocycles. The van der Waals surface area contributed by atoms with Gasteiger partial charge in [-0.25, -0.2) is 4.39 Å². The van der Waals surface area contributed by atoms with Gasteiger partial charge in [-0.15, -0.1) is 0 Å². The van der Waals surface area contributed by atoms with Crippen LogP contribution in [0.5, 0.6) is 5.75 Å². The molecule has 0 radical (unpaired) electrons. The lowest BCUT2D eigenvalue weighted by molar-refractivity contribution is -0.123. The van der Waals surface area contributed by atoms with Crippen molar-refractivity contribution in [3.05, 3.63) is 71.3 Å². The highest BCUT2D eigenvalue weighted by atomic mass is 35.5. The fourth-order valence-electron chi connectivity index (χ4n) is 2.23. The summed E-state index contributed by atoms with van der Waals surface area (Å²) in [5.41, 5.74) is 1.45. The van der Waals surface area contributed by atoms with Crippen molar-refractivity contribution in [2.45, 2.75) is 12.8 Å². The third-order valence-corrected chi connectivity index (χ3v) is 4.09. The number of carbonyl (C=O) groups is 2. The zero-order valence-corrected chi connectivity index (χ0v) is 16.0. The first-order chi connectivity index (χ1) is 13.5. The first-order valence-electron chi connectivity index (χ1n) is 8.65. The van der Waals surface area contributed by atoms with Gasteiger partial charge in [0.1, 0.15) is 11.6 Å². The SMILES string of the molecule is C=C(CCNC(=O)COc1ccc(Cl)c(F)c1)C(=O)NCCc1ccncc1. The van der Waals surface area contributed by atoms with E-state index in [2.05, 4.69) is 22.2 Å². The highest BCUT2D eigenvalue weighted by Crippen LogP contribution is 2.20. The number of hydrogen-bond acceptors (Lipinski definition) is 4. The maximum Gasteiger partial charge on any atom is 0.257 e. The van der Waals surface area contributed by atoms with Crippen molar-refractivity contribution in [2.75, 3.05) is 19.7 Å². The zero-order valence-electron chi connectivity index (χ0n) is 15.2. The van der Waals surface area contributed by atoms with Crippen LogP contribution >= 0.6 is 11.6 Å². The fourth-order valence-corrected chi connectivity index (χ4v) is 2.35. The second kappa shape index (κ2) is 11.0. The summed E-state index contributed by atoms with van der Waals surface area (Å²) in [6, 6.07) is 7.69. The van der Waals surface area contributed by atoms with Crippen LogP contribution in [0, 0.1) is 5.82 Å². The van der Waals surface area contributed by atoms with Gasteiger partial charge in [-0.2, -0.15) is 0 Å². The first-order valence-corrected chi connectivity index (χ1v) is 9.03. The van der Waals surface area contributed by atoms with Crippen molar-refractivity contribution < 1.29 is 18.7 Å². The molecule has 2 aromatic rings. The van der Waals surface area contributed by atoms with Crippen LogP contribution in [0.4, 0.5) is 4.39 Å². The Morgan fingerprint density at radius 3 is 2.61 bits per heavy atom. The number of pyridine rings is 1. The zero-order chi connectivity index (χ0) is 20.4. The van der Waals surface area contributed by atoms with Crippen LogP contribution in [-0.4, -0.2) is 36.5 Å². The predicted molar refractivity (Wildman–Crippen MR) is 105 cm³/mol. The van der Waals surface area contributed by atoms with Crippen molar-refractivity contribution in [2.24, 2.45) is 0 Å². The van der Waals surface area contributed by atoms with E-state index in [1.807, 2.05) is 12.1 Å². The third-order valence-electron chi connectivity index (χ3n) is 3.78. The van der Waals surface area contributed by atoms with Crippen LogP contribution in [0.25, 0.3) is 0 Å². The summed E-state index contributed by atoms with van der Waals surface area (Å²) >= 11 is 5.58. The van der Waals surface area contributed by atoms with Gasteiger partial charge < -0.3 is 15.4 Å². The molecule has 2 rings (SSSR count). The minimum atomic E-state index is -0.620. The molecule has 1 aromatic carbocycles. The summed E-state index contributed by atoms with van der Waals surface area (Å²) in [6.45, 7) is 4.19. The molecular weight excluding hydrogens is 385 g/mol. The number of halogens is 2. The van der Waals surface area contributed by atoms with E-state index in [4.69, 9.17) is 16.3 Å². The normalized spacial score (nSPS) is 10.2. The molecule has 0 atom stereocenters. The molecule has 0 aliphatic carbocycles. The number of nitrogens with zero attached hydrogens (tertiary/aromatic N) is 1. The van der Waals surface area contributed by atoms with Crippen LogP contribution in [0.1, 0.15) is 12.0 Å². The quantitative estimate of drug-likeness (QED) is 0.595. The molecule has 0 saturated carbocycles. The van der Waals surface area contributed by atoms with Gasteiger partial charge in [0.05, 0.1) is 5.02 Å². The number of hydrogen-bond donors (Lipinski definition) is 2. The Morgan fingerprint density at radius 1 is 1.14 bits per heavy atom. The maximum absolute atomic E-state index is 13.3. The van der Waals surface area contributed by atoms with Gasteiger partial charge in [-0.3, -0.25) is 14.6 Å². The number of benzene rings is 1. The van der Waals surface area contributed by atoms with E-state index in [0.29, 0.717) is 25.0 Å². The summed E-state index contributed by atoms with van der Waals surface area (Å²) in [5.74, 6) is -1.06. The van der Waals surface area contributed by atoms with Crippen LogP contribution in [0.15, 0.2) is 54.9 Å². The molecule has 0 fully saturated rings. The van der Waals surface area contributed by atoms with Crippen LogP contribution < -0.4 is 15.4 Å². The first kappa shape index (κ1) is 21.4. The van der Waals surface area contributed by atoms with Crippen molar-refractivity contribution >= 4 is 23.4 Å². The van der Waals surface area contributed by atoms with Gasteiger partial charge in [0, 0.05) is 37.1 Å². The molecule has 2 amide bonds.